The van der Waals surface area contributed by atoms with Crippen LogP contribution in [0.1, 0.15) is 36.8 Å². The molecule has 0 spiro atoms. The van der Waals surface area contributed by atoms with Gasteiger partial charge in [0.2, 0.25) is 5.60 Å². The normalized spacial score (nSPS) is 18.2. The summed E-state index contributed by atoms with van der Waals surface area (Å²) < 4.78 is 14.4. The van der Waals surface area contributed by atoms with Crippen LogP contribution in [0.3, 0.4) is 0 Å². The topological polar surface area (TPSA) is 245 Å². The Morgan fingerprint density at radius 3 is 2.49 bits per heavy atom. The highest BCUT2D eigenvalue weighted by Crippen LogP contribution is 2.41. The number of rotatable bonds is 11. The highest BCUT2D eigenvalue weighted by molar-refractivity contribution is 8.00. The number of nitrogens with zero attached hydrogens (tertiary/aromatic N) is 4. The lowest BCUT2D eigenvalue weighted by Gasteiger charge is -2.49. The average molecular weight is 667 g/mol. The Morgan fingerprint density at radius 2 is 1.91 bits per heavy atom. The van der Waals surface area contributed by atoms with E-state index in [0.717, 1.165) is 39.0 Å². The van der Waals surface area contributed by atoms with Gasteiger partial charge in [-0.05, 0) is 32.4 Å². The molecule has 4 rings (SSSR count). The van der Waals surface area contributed by atoms with Crippen molar-refractivity contribution in [3.8, 4) is 11.5 Å². The molecule has 0 aliphatic carbocycles. The summed E-state index contributed by atoms with van der Waals surface area (Å²) in [6, 6.07) is 0.112. The van der Waals surface area contributed by atoms with Crippen molar-refractivity contribution in [2.24, 2.45) is 5.16 Å². The number of nitrogens with two attached hydrogens (primary N) is 1. The predicted molar refractivity (Wildman–Crippen MR) is 157 cm³/mol. The number of aromatic hydroxyl groups is 2. The third-order valence-electron chi connectivity index (χ3n) is 6.74. The number of carboxylic acids is 2. The number of likely N-dealkylation sites (N-methyl/N-ethyl adjacent to an activating group) is 1. The number of aliphatic carboxylic acids is 2. The first-order chi connectivity index (χ1) is 21.1. The summed E-state index contributed by atoms with van der Waals surface area (Å²) in [6.07, 6.45) is 0. The molecule has 45 heavy (non-hydrogen) atoms. The SMILES string of the molecule is CCN(CC1=C(C(=O)O)N2C(=O)[C@@H](NC(=O)/C(=N\OC(C)(C)C(=O)O)c3csc(N)n3)[C@H]2SC1)C(=O)c1cc(O)c(O)cc1F. The van der Waals surface area contributed by atoms with Gasteiger partial charge in [-0.2, -0.15) is 0 Å². The number of anilines is 1. The Kier molecular flexibility index (Phi) is 9.24. The molecule has 0 unspecified atom stereocenters. The molecule has 1 saturated heterocycles. The van der Waals surface area contributed by atoms with Crippen LogP contribution >= 0.6 is 23.1 Å². The van der Waals surface area contributed by atoms with E-state index in [1.165, 1.54) is 19.2 Å². The Hall–Kier alpha value is -4.91. The van der Waals surface area contributed by atoms with Crippen LogP contribution in [0.4, 0.5) is 9.52 Å². The zero-order valence-corrected chi connectivity index (χ0v) is 25.4. The number of carbonyl (C=O) groups is 5. The van der Waals surface area contributed by atoms with Crippen molar-refractivity contribution in [2.75, 3.05) is 24.6 Å². The lowest BCUT2D eigenvalue weighted by molar-refractivity contribution is -0.161. The van der Waals surface area contributed by atoms with Crippen molar-refractivity contribution in [3.05, 3.63) is 45.9 Å². The number of carboxylic acid groups (broad SMARTS) is 2. The highest BCUT2D eigenvalue weighted by Gasteiger charge is 2.54. The molecule has 2 aliphatic rings. The largest absolute Gasteiger partial charge is 0.504 e. The van der Waals surface area contributed by atoms with E-state index < -0.39 is 81.0 Å². The highest BCUT2D eigenvalue weighted by atomic mass is 32.2. The van der Waals surface area contributed by atoms with Gasteiger partial charge in [-0.25, -0.2) is 19.0 Å². The fourth-order valence-corrected chi connectivity index (χ4v) is 6.14. The molecular weight excluding hydrogens is 639 g/mol. The third-order valence-corrected chi connectivity index (χ3v) is 8.76. The van der Waals surface area contributed by atoms with Crippen LogP contribution in [-0.2, 0) is 24.0 Å². The van der Waals surface area contributed by atoms with Crippen molar-refractivity contribution in [2.45, 2.75) is 37.8 Å². The number of amides is 3. The smallest absolute Gasteiger partial charge is 0.352 e. The molecule has 3 heterocycles. The fraction of sp³-hybridized carbons (Fsp3) is 0.346. The van der Waals surface area contributed by atoms with E-state index in [9.17, 15) is 48.8 Å². The molecule has 2 atom stereocenters. The molecule has 0 saturated carbocycles. The molecule has 0 radical (unpaired) electrons. The van der Waals surface area contributed by atoms with Crippen LogP contribution in [0.5, 0.6) is 11.5 Å². The molecule has 1 fully saturated rings. The van der Waals surface area contributed by atoms with Crippen LogP contribution in [0.25, 0.3) is 0 Å². The fourth-order valence-electron chi connectivity index (χ4n) is 4.26. The zero-order valence-electron chi connectivity index (χ0n) is 23.8. The Bertz CT molecular complexity index is 1660. The van der Waals surface area contributed by atoms with Crippen molar-refractivity contribution in [1.82, 2.24) is 20.1 Å². The summed E-state index contributed by atoms with van der Waals surface area (Å²) in [5.74, 6) is -8.07. The number of fused-ring (bicyclic) bond motifs is 1. The van der Waals surface area contributed by atoms with Crippen LogP contribution in [-0.4, -0.2) is 106 Å². The van der Waals surface area contributed by atoms with Crippen molar-refractivity contribution in [1.29, 1.82) is 0 Å². The molecule has 2 aromatic rings. The van der Waals surface area contributed by atoms with Crippen molar-refractivity contribution >= 4 is 63.6 Å². The molecule has 0 bridgehead atoms. The molecule has 240 valence electrons. The number of phenolic OH excluding ortho intramolecular Hbond substituents is 2. The summed E-state index contributed by atoms with van der Waals surface area (Å²) in [5.41, 5.74) is 2.51. The van der Waals surface area contributed by atoms with E-state index in [1.54, 1.807) is 6.92 Å². The second-order valence-electron chi connectivity index (χ2n) is 10.2. The standard InChI is InChI=1S/C26H27FN6O10S2/c1-4-32(20(37)11-5-14(34)15(35)6-12(11)27)7-10-8-44-22-17(21(38)33(22)18(10)23(39)40)30-19(36)16(13-9-45-25(28)29-13)31-43-26(2,3)24(41)42/h5-6,9,17,22,34-35H,4,7-8H2,1-3H3,(H2,28,29)(H,30,36)(H,39,40)(H,41,42)/b31-16-/t17-,22-/m1/s1. The van der Waals surface area contributed by atoms with Gasteiger partial charge in [0.1, 0.15) is 28.6 Å². The van der Waals surface area contributed by atoms with Crippen LogP contribution in [0.15, 0.2) is 33.9 Å². The number of benzene rings is 1. The number of nitrogen functional groups attached to an aromatic ring is 1. The number of aromatic nitrogens is 1. The molecule has 1 aromatic heterocycles. The van der Waals surface area contributed by atoms with Gasteiger partial charge in [-0.1, -0.05) is 5.16 Å². The van der Waals surface area contributed by atoms with Gasteiger partial charge in [0, 0.05) is 30.3 Å². The number of hydrogen-bond acceptors (Lipinski definition) is 13. The number of carbonyl (C=O) groups excluding carboxylic acids is 3. The second-order valence-corrected chi connectivity index (χ2v) is 12.2. The average Bonchev–Trinajstić information content (AvgIpc) is 3.40. The molecule has 19 heteroatoms. The Morgan fingerprint density at radius 1 is 1.24 bits per heavy atom. The molecule has 3 amide bonds. The predicted octanol–water partition coefficient (Wildman–Crippen LogP) is 0.760. The van der Waals surface area contributed by atoms with Crippen molar-refractivity contribution in [3.63, 3.8) is 0 Å². The number of thioether (sulfide) groups is 1. The summed E-state index contributed by atoms with van der Waals surface area (Å²) >= 11 is 2.07. The van der Waals surface area contributed by atoms with Gasteiger partial charge in [-0.15, -0.1) is 23.1 Å². The summed E-state index contributed by atoms with van der Waals surface area (Å²) in [6.45, 7) is 3.65. The number of phenols is 2. The molecule has 1 aromatic carbocycles. The number of hydrogen-bond donors (Lipinski definition) is 6. The number of β-lactam (4-membered cyclic amide) rings is 1. The van der Waals surface area contributed by atoms with Crippen LogP contribution < -0.4 is 11.1 Å². The lowest BCUT2D eigenvalue weighted by atomic mass is 10.0. The maximum absolute atomic E-state index is 14.4. The zero-order chi connectivity index (χ0) is 33.4. The first kappa shape index (κ1) is 33.0. The first-order valence-electron chi connectivity index (χ1n) is 13.0. The van der Waals surface area contributed by atoms with Crippen LogP contribution in [0, 0.1) is 5.82 Å². The van der Waals surface area contributed by atoms with E-state index in [4.69, 9.17) is 10.6 Å². The summed E-state index contributed by atoms with van der Waals surface area (Å²) in [4.78, 5) is 74.4. The Labute approximate surface area is 261 Å². The molecular formula is C26H27FN6O10S2. The van der Waals surface area contributed by atoms with E-state index in [1.807, 2.05) is 0 Å². The second kappa shape index (κ2) is 12.6. The maximum Gasteiger partial charge on any atom is 0.352 e. The van der Waals surface area contributed by atoms with E-state index in [-0.39, 0.29) is 35.2 Å². The minimum absolute atomic E-state index is 0.00103. The van der Waals surface area contributed by atoms with Crippen molar-refractivity contribution < 1.29 is 53.6 Å². The first-order valence-corrected chi connectivity index (χ1v) is 14.9. The van der Waals surface area contributed by atoms with Gasteiger partial charge in [-0.3, -0.25) is 19.3 Å². The van der Waals surface area contributed by atoms with E-state index >= 15 is 0 Å². The molecule has 2 aliphatic heterocycles. The number of thiazole rings is 1. The van der Waals surface area contributed by atoms with Gasteiger partial charge in [0.15, 0.2) is 22.3 Å². The van der Waals surface area contributed by atoms with Crippen LogP contribution in [0.2, 0.25) is 0 Å². The Balaban J connectivity index is 1.56. The third kappa shape index (κ3) is 6.48. The van der Waals surface area contributed by atoms with E-state index in [0.29, 0.717) is 6.07 Å². The quantitative estimate of drug-likeness (QED) is 0.0840. The molecule has 7 N–H and O–H groups in total. The number of nitrogens with one attached hydrogen (secondary N) is 1. The van der Waals surface area contributed by atoms with E-state index in [2.05, 4.69) is 15.5 Å². The number of oxime groups is 1. The minimum Gasteiger partial charge on any atom is -0.504 e. The van der Waals surface area contributed by atoms with Gasteiger partial charge < -0.3 is 41.2 Å². The summed E-state index contributed by atoms with van der Waals surface area (Å²) in [5, 5.41) is 45.3. The monoisotopic (exact) mass is 666 g/mol. The number of halogens is 1. The summed E-state index contributed by atoms with van der Waals surface area (Å²) in [7, 11) is 0. The minimum atomic E-state index is -1.82. The van der Waals surface area contributed by atoms with Gasteiger partial charge in [0.05, 0.1) is 5.56 Å². The lowest BCUT2D eigenvalue weighted by Crippen LogP contribution is -2.71. The van der Waals surface area contributed by atoms with Gasteiger partial charge >= 0.3 is 11.9 Å². The molecule has 16 nitrogen and oxygen atoms in total. The van der Waals surface area contributed by atoms with Gasteiger partial charge in [0.25, 0.3) is 17.7 Å². The maximum atomic E-state index is 14.4.